The normalized spacial score (nSPS) is 41.6. The van der Waals surface area contributed by atoms with Gasteiger partial charge in [-0.2, -0.15) is 0 Å². The maximum atomic E-state index is 12.6. The highest BCUT2D eigenvalue weighted by molar-refractivity contribution is 5.80. The van der Waals surface area contributed by atoms with Crippen molar-refractivity contribution in [1.29, 1.82) is 0 Å². The molecule has 0 aromatic heterocycles. The molecule has 4 fully saturated rings. The number of carbonyl (C=O) groups excluding carboxylic acids is 1. The van der Waals surface area contributed by atoms with Gasteiger partial charge in [-0.3, -0.25) is 4.79 Å². The Balaban J connectivity index is 1.67. The molecule has 3 N–H and O–H groups in total. The number of amides is 1. The molecule has 0 aromatic rings. The van der Waals surface area contributed by atoms with Crippen LogP contribution in [0.15, 0.2) is 0 Å². The number of carbonyl (C=O) groups is 1. The number of hydrogen-bond donors (Lipinski definition) is 2. The molecule has 4 saturated carbocycles. The standard InChI is InChI=1S/C16H28N2O/c1-9(2)14(8-17)18-16(19)15-12-4-10-3-11(6-12)7-13(15)5-10/h9-15H,3-8,17H2,1-2H3,(H,18,19). The van der Waals surface area contributed by atoms with Crippen LogP contribution in [-0.2, 0) is 4.79 Å². The average Bonchev–Trinajstić information content (AvgIpc) is 2.34. The molecule has 4 aliphatic carbocycles. The summed E-state index contributed by atoms with van der Waals surface area (Å²) in [6.07, 6.45) is 6.67. The summed E-state index contributed by atoms with van der Waals surface area (Å²) >= 11 is 0. The van der Waals surface area contributed by atoms with Crippen molar-refractivity contribution < 1.29 is 4.79 Å². The molecular formula is C16H28N2O. The SMILES string of the molecule is CC(C)C(CN)NC(=O)C1C2CC3CC(C2)CC1C3. The fraction of sp³-hybridized carbons (Fsp3) is 0.938. The Kier molecular flexibility index (Phi) is 3.59. The molecule has 3 heteroatoms. The van der Waals surface area contributed by atoms with E-state index in [2.05, 4.69) is 19.2 Å². The van der Waals surface area contributed by atoms with Crippen molar-refractivity contribution in [2.45, 2.75) is 52.0 Å². The minimum absolute atomic E-state index is 0.143. The molecule has 1 atom stereocenters. The van der Waals surface area contributed by atoms with Gasteiger partial charge in [-0.15, -0.1) is 0 Å². The summed E-state index contributed by atoms with van der Waals surface area (Å²) in [5, 5.41) is 3.23. The van der Waals surface area contributed by atoms with Crippen molar-refractivity contribution >= 4 is 5.91 Å². The predicted molar refractivity (Wildman–Crippen MR) is 76.4 cm³/mol. The maximum absolute atomic E-state index is 12.6. The van der Waals surface area contributed by atoms with Gasteiger partial charge in [0.15, 0.2) is 0 Å². The predicted octanol–water partition coefficient (Wildman–Crippen LogP) is 2.16. The second kappa shape index (κ2) is 5.08. The van der Waals surface area contributed by atoms with Gasteiger partial charge in [-0.1, -0.05) is 13.8 Å². The van der Waals surface area contributed by atoms with Crippen LogP contribution >= 0.6 is 0 Å². The zero-order valence-electron chi connectivity index (χ0n) is 12.3. The van der Waals surface area contributed by atoms with Crippen LogP contribution in [0.4, 0.5) is 0 Å². The van der Waals surface area contributed by atoms with Crippen LogP contribution in [-0.4, -0.2) is 18.5 Å². The van der Waals surface area contributed by atoms with Gasteiger partial charge in [-0.25, -0.2) is 0 Å². The zero-order chi connectivity index (χ0) is 13.6. The van der Waals surface area contributed by atoms with Crippen molar-refractivity contribution in [3.05, 3.63) is 0 Å². The molecule has 0 spiro atoms. The second-order valence-electron chi connectivity index (χ2n) is 7.55. The lowest BCUT2D eigenvalue weighted by Gasteiger charge is -2.53. The molecule has 108 valence electrons. The van der Waals surface area contributed by atoms with E-state index in [1.165, 1.54) is 32.1 Å². The van der Waals surface area contributed by atoms with Gasteiger partial charge in [0.1, 0.15) is 0 Å². The first kappa shape index (κ1) is 13.4. The van der Waals surface area contributed by atoms with Crippen LogP contribution in [0.25, 0.3) is 0 Å². The quantitative estimate of drug-likeness (QED) is 0.817. The fourth-order valence-electron chi connectivity index (χ4n) is 5.13. The number of nitrogens with one attached hydrogen (secondary N) is 1. The van der Waals surface area contributed by atoms with E-state index in [1.807, 2.05) is 0 Å². The van der Waals surface area contributed by atoms with Crippen LogP contribution in [0.2, 0.25) is 0 Å². The monoisotopic (exact) mass is 264 g/mol. The Labute approximate surface area is 116 Å². The average molecular weight is 264 g/mol. The minimum atomic E-state index is 0.143. The lowest BCUT2D eigenvalue weighted by atomic mass is 9.51. The Bertz CT molecular complexity index is 325. The third-order valence-corrected chi connectivity index (χ3v) is 5.92. The molecule has 4 aliphatic rings. The van der Waals surface area contributed by atoms with E-state index in [9.17, 15) is 4.79 Å². The molecule has 1 amide bonds. The number of rotatable bonds is 4. The van der Waals surface area contributed by atoms with Crippen molar-refractivity contribution in [2.24, 2.45) is 41.2 Å². The van der Waals surface area contributed by atoms with Crippen molar-refractivity contribution in [2.75, 3.05) is 6.54 Å². The van der Waals surface area contributed by atoms with Gasteiger partial charge in [0, 0.05) is 18.5 Å². The zero-order valence-corrected chi connectivity index (χ0v) is 12.3. The van der Waals surface area contributed by atoms with Crippen LogP contribution in [0.5, 0.6) is 0 Å². The molecule has 1 unspecified atom stereocenters. The fourth-order valence-corrected chi connectivity index (χ4v) is 5.13. The first-order chi connectivity index (χ1) is 9.08. The van der Waals surface area contributed by atoms with Crippen molar-refractivity contribution in [3.8, 4) is 0 Å². The number of hydrogen-bond acceptors (Lipinski definition) is 2. The maximum Gasteiger partial charge on any atom is 0.223 e. The van der Waals surface area contributed by atoms with Gasteiger partial charge in [0.05, 0.1) is 0 Å². The van der Waals surface area contributed by atoms with Gasteiger partial charge < -0.3 is 11.1 Å². The summed E-state index contributed by atoms with van der Waals surface area (Å²) in [4.78, 5) is 12.6. The van der Waals surface area contributed by atoms with E-state index < -0.39 is 0 Å². The third-order valence-electron chi connectivity index (χ3n) is 5.92. The van der Waals surface area contributed by atoms with Crippen LogP contribution in [0, 0.1) is 35.5 Å². The first-order valence-electron chi connectivity index (χ1n) is 8.09. The molecule has 4 bridgehead atoms. The minimum Gasteiger partial charge on any atom is -0.352 e. The van der Waals surface area contributed by atoms with Crippen molar-refractivity contribution in [1.82, 2.24) is 5.32 Å². The number of nitrogens with two attached hydrogens (primary N) is 1. The summed E-state index contributed by atoms with van der Waals surface area (Å²) in [5.74, 6) is 4.22. The Morgan fingerprint density at radius 2 is 1.63 bits per heavy atom. The lowest BCUT2D eigenvalue weighted by Crippen LogP contribution is -2.54. The van der Waals surface area contributed by atoms with Crippen LogP contribution < -0.4 is 11.1 Å². The third kappa shape index (κ3) is 2.42. The Morgan fingerprint density at radius 3 is 2.05 bits per heavy atom. The van der Waals surface area contributed by atoms with Gasteiger partial charge in [-0.05, 0) is 61.7 Å². The van der Waals surface area contributed by atoms with Crippen LogP contribution in [0.3, 0.4) is 0 Å². The summed E-state index contributed by atoms with van der Waals surface area (Å²) in [7, 11) is 0. The highest BCUT2D eigenvalue weighted by Crippen LogP contribution is 2.56. The molecule has 0 aliphatic heterocycles. The van der Waals surface area contributed by atoms with E-state index in [0.717, 1.165) is 11.8 Å². The largest absolute Gasteiger partial charge is 0.352 e. The molecule has 19 heavy (non-hydrogen) atoms. The second-order valence-corrected chi connectivity index (χ2v) is 7.55. The van der Waals surface area contributed by atoms with Gasteiger partial charge >= 0.3 is 0 Å². The van der Waals surface area contributed by atoms with E-state index in [4.69, 9.17) is 5.73 Å². The molecule has 0 radical (unpaired) electrons. The van der Waals surface area contributed by atoms with E-state index in [1.54, 1.807) is 0 Å². The van der Waals surface area contributed by atoms with Gasteiger partial charge in [0.2, 0.25) is 5.91 Å². The molecule has 0 saturated heterocycles. The molecule has 0 heterocycles. The van der Waals surface area contributed by atoms with E-state index >= 15 is 0 Å². The van der Waals surface area contributed by atoms with Crippen molar-refractivity contribution in [3.63, 3.8) is 0 Å². The summed E-state index contributed by atoms with van der Waals surface area (Å²) in [6, 6.07) is 0.143. The lowest BCUT2D eigenvalue weighted by molar-refractivity contribution is -0.139. The molecule has 4 rings (SSSR count). The summed E-state index contributed by atoms with van der Waals surface area (Å²) in [5.41, 5.74) is 5.78. The van der Waals surface area contributed by atoms with E-state index in [-0.39, 0.29) is 6.04 Å². The molecule has 0 aromatic carbocycles. The Hall–Kier alpha value is -0.570. The summed E-state index contributed by atoms with van der Waals surface area (Å²) in [6.45, 7) is 4.82. The smallest absolute Gasteiger partial charge is 0.223 e. The molecule has 3 nitrogen and oxygen atoms in total. The highest BCUT2D eigenvalue weighted by Gasteiger charge is 2.50. The highest BCUT2D eigenvalue weighted by atomic mass is 16.2. The topological polar surface area (TPSA) is 55.1 Å². The first-order valence-corrected chi connectivity index (χ1v) is 8.09. The van der Waals surface area contributed by atoms with E-state index in [0.29, 0.717) is 36.1 Å². The van der Waals surface area contributed by atoms with Crippen LogP contribution in [0.1, 0.15) is 46.0 Å². The van der Waals surface area contributed by atoms with Gasteiger partial charge in [0.25, 0.3) is 0 Å². The Morgan fingerprint density at radius 1 is 1.11 bits per heavy atom. The summed E-state index contributed by atoms with van der Waals surface area (Å²) < 4.78 is 0. The molecular weight excluding hydrogens is 236 g/mol.